The minimum Gasteiger partial charge on any atom is -0.394 e. The second-order valence-corrected chi connectivity index (χ2v) is 11.8. The molecule has 1 saturated heterocycles. The van der Waals surface area contributed by atoms with Crippen LogP contribution < -0.4 is 0 Å². The predicted molar refractivity (Wildman–Crippen MR) is 117 cm³/mol. The van der Waals surface area contributed by atoms with Gasteiger partial charge in [0, 0.05) is 29.6 Å². The Morgan fingerprint density at radius 1 is 1.24 bits per heavy atom. The van der Waals surface area contributed by atoms with Crippen LogP contribution in [0.25, 0.3) is 0 Å². The summed E-state index contributed by atoms with van der Waals surface area (Å²) in [4.78, 5) is 12.0. The number of allylic oxidation sites excluding steroid dienone is 4. The summed E-state index contributed by atoms with van der Waals surface area (Å²) in [5.41, 5.74) is -4.20. The van der Waals surface area contributed by atoms with Gasteiger partial charge >= 0.3 is 0 Å². The van der Waals surface area contributed by atoms with E-state index in [9.17, 15) is 20.1 Å². The van der Waals surface area contributed by atoms with Crippen molar-refractivity contribution in [3.63, 3.8) is 0 Å². The molecule has 6 rings (SSSR count). The van der Waals surface area contributed by atoms with E-state index in [0.717, 1.165) is 31.3 Å². The molecule has 1 heterocycles. The van der Waals surface area contributed by atoms with Gasteiger partial charge in [-0.15, -0.1) is 0 Å². The zero-order valence-electron chi connectivity index (χ0n) is 19.4. The molecule has 7 heteroatoms. The average Bonchev–Trinajstić information content (AvgIpc) is 3.43. The summed E-state index contributed by atoms with van der Waals surface area (Å²) in [6.45, 7) is 3.31. The molecule has 33 heavy (non-hydrogen) atoms. The number of hydrogen-bond acceptors (Lipinski definition) is 6. The van der Waals surface area contributed by atoms with Crippen molar-refractivity contribution >= 4 is 5.78 Å². The van der Waals surface area contributed by atoms with Crippen LogP contribution in [0.5, 0.6) is 0 Å². The molecule has 5 aliphatic carbocycles. The SMILES string of the molecule is C[C@]12C=CC(=O)C=C1CC[C@H]1[C@@H]3C[C@H]4OC5(CCCC5)O[C@@]4(C(O)CO)[C@@]3(C)C[C@H](O)[C@@]12F. The van der Waals surface area contributed by atoms with Crippen LogP contribution >= 0.6 is 0 Å². The van der Waals surface area contributed by atoms with Crippen molar-refractivity contribution in [2.45, 2.75) is 101 Å². The molecule has 6 nitrogen and oxygen atoms in total. The normalized spacial score (nSPS) is 52.8. The summed E-state index contributed by atoms with van der Waals surface area (Å²) in [5, 5.41) is 32.8. The van der Waals surface area contributed by atoms with Crippen LogP contribution in [0.3, 0.4) is 0 Å². The maximum Gasteiger partial charge on any atom is 0.178 e. The van der Waals surface area contributed by atoms with Crippen molar-refractivity contribution in [1.29, 1.82) is 0 Å². The molecule has 6 aliphatic rings. The van der Waals surface area contributed by atoms with Crippen LogP contribution in [0, 0.1) is 22.7 Å². The molecule has 9 atom stereocenters. The number of fused-ring (bicyclic) bond motifs is 7. The van der Waals surface area contributed by atoms with E-state index in [1.54, 1.807) is 13.0 Å². The van der Waals surface area contributed by atoms with E-state index in [4.69, 9.17) is 9.47 Å². The highest BCUT2D eigenvalue weighted by Crippen LogP contribution is 2.73. The fourth-order valence-electron chi connectivity index (χ4n) is 9.06. The Balaban J connectivity index is 1.45. The number of hydrogen-bond donors (Lipinski definition) is 3. The lowest BCUT2D eigenvalue weighted by Crippen LogP contribution is -2.70. The van der Waals surface area contributed by atoms with Gasteiger partial charge in [-0.05, 0) is 63.5 Å². The molecule has 0 bridgehead atoms. The summed E-state index contributed by atoms with van der Waals surface area (Å²) in [5.74, 6) is -1.57. The van der Waals surface area contributed by atoms with E-state index in [1.165, 1.54) is 12.2 Å². The lowest BCUT2D eigenvalue weighted by atomic mass is 9.44. The summed E-state index contributed by atoms with van der Waals surface area (Å²) < 4.78 is 30.6. The molecular weight excluding hydrogens is 427 g/mol. The number of carbonyl (C=O) groups is 1. The van der Waals surface area contributed by atoms with E-state index < -0.39 is 58.7 Å². The highest BCUT2D eigenvalue weighted by atomic mass is 19.1. The van der Waals surface area contributed by atoms with E-state index in [0.29, 0.717) is 19.3 Å². The first-order chi connectivity index (χ1) is 15.6. The summed E-state index contributed by atoms with van der Waals surface area (Å²) in [6, 6.07) is 0. The van der Waals surface area contributed by atoms with Gasteiger partial charge in [-0.3, -0.25) is 4.79 Å². The molecule has 1 aliphatic heterocycles. The second-order valence-electron chi connectivity index (χ2n) is 11.8. The fraction of sp³-hybridized carbons (Fsp3) is 0.808. The van der Waals surface area contributed by atoms with Crippen molar-refractivity contribution in [3.8, 4) is 0 Å². The predicted octanol–water partition coefficient (Wildman–Crippen LogP) is 2.74. The average molecular weight is 463 g/mol. The van der Waals surface area contributed by atoms with E-state index in [2.05, 4.69) is 0 Å². The Morgan fingerprint density at radius 3 is 2.67 bits per heavy atom. The molecule has 1 spiro atoms. The van der Waals surface area contributed by atoms with Crippen molar-refractivity contribution in [2.24, 2.45) is 22.7 Å². The van der Waals surface area contributed by atoms with Crippen molar-refractivity contribution in [3.05, 3.63) is 23.8 Å². The number of aliphatic hydroxyl groups excluding tert-OH is 3. The van der Waals surface area contributed by atoms with Gasteiger partial charge in [0.05, 0.1) is 18.8 Å². The molecule has 182 valence electrons. The van der Waals surface area contributed by atoms with Gasteiger partial charge in [0.15, 0.2) is 17.2 Å². The van der Waals surface area contributed by atoms with Gasteiger partial charge < -0.3 is 24.8 Å². The van der Waals surface area contributed by atoms with Gasteiger partial charge in [-0.1, -0.05) is 18.6 Å². The molecular formula is C26H35FO6. The maximum absolute atomic E-state index is 17.3. The lowest BCUT2D eigenvalue weighted by molar-refractivity contribution is -0.277. The number of aliphatic hydroxyl groups is 3. The minimum absolute atomic E-state index is 0.0995. The third kappa shape index (κ3) is 2.43. The topological polar surface area (TPSA) is 96.2 Å². The quantitative estimate of drug-likeness (QED) is 0.584. The fourth-order valence-corrected chi connectivity index (χ4v) is 9.06. The van der Waals surface area contributed by atoms with E-state index >= 15 is 4.39 Å². The minimum atomic E-state index is -1.94. The van der Waals surface area contributed by atoms with Crippen molar-refractivity contribution in [1.82, 2.24) is 0 Å². The molecule has 0 amide bonds. The molecule has 0 aromatic carbocycles. The van der Waals surface area contributed by atoms with Crippen LogP contribution in [-0.4, -0.2) is 63.1 Å². The standard InChI is InChI=1S/C26H35FO6/c1-22-10-7-16(29)11-15(22)5-6-17-18-12-21-26(20(31)14-28,33-24(32-21)8-3-4-9-24)23(18,2)13-19(30)25(17,22)27/h7,10-11,17-21,28,30-31H,3-6,8-9,12-14H2,1-2H3/t17-,18-,19-,20?,21+,22-,23-,25-,26+/m0/s1. The Hall–Kier alpha value is -1.12. The molecule has 0 aromatic rings. The highest BCUT2D eigenvalue weighted by Gasteiger charge is 2.80. The smallest absolute Gasteiger partial charge is 0.178 e. The summed E-state index contributed by atoms with van der Waals surface area (Å²) >= 11 is 0. The van der Waals surface area contributed by atoms with Gasteiger partial charge in [-0.2, -0.15) is 0 Å². The summed E-state index contributed by atoms with van der Waals surface area (Å²) in [7, 11) is 0. The Bertz CT molecular complexity index is 941. The second kappa shape index (κ2) is 6.76. The first kappa shape index (κ1) is 22.4. The van der Waals surface area contributed by atoms with Crippen molar-refractivity contribution < 1.29 is 34.0 Å². The number of alkyl halides is 1. The van der Waals surface area contributed by atoms with Gasteiger partial charge in [0.25, 0.3) is 0 Å². The lowest BCUT2D eigenvalue weighted by Gasteiger charge is -2.63. The molecule has 3 N–H and O–H groups in total. The largest absolute Gasteiger partial charge is 0.394 e. The van der Waals surface area contributed by atoms with Crippen LogP contribution in [0.15, 0.2) is 23.8 Å². The first-order valence-corrected chi connectivity index (χ1v) is 12.5. The maximum atomic E-state index is 17.3. The van der Waals surface area contributed by atoms with Gasteiger partial charge in [0.1, 0.15) is 11.7 Å². The van der Waals surface area contributed by atoms with Crippen molar-refractivity contribution in [2.75, 3.05) is 6.61 Å². The van der Waals surface area contributed by atoms with Crippen LogP contribution in [0.1, 0.15) is 65.2 Å². The number of carbonyl (C=O) groups excluding carboxylic acids is 1. The zero-order valence-corrected chi connectivity index (χ0v) is 19.4. The third-order valence-corrected chi connectivity index (χ3v) is 10.6. The zero-order chi connectivity index (χ0) is 23.4. The molecule has 0 aromatic heterocycles. The van der Waals surface area contributed by atoms with Gasteiger partial charge in [-0.25, -0.2) is 4.39 Å². The third-order valence-electron chi connectivity index (χ3n) is 10.6. The monoisotopic (exact) mass is 462 g/mol. The van der Waals surface area contributed by atoms with Crippen LogP contribution in [-0.2, 0) is 14.3 Å². The number of ether oxygens (including phenoxy) is 2. The van der Waals surface area contributed by atoms with E-state index in [1.807, 2.05) is 6.92 Å². The number of halogens is 1. The van der Waals surface area contributed by atoms with E-state index in [-0.39, 0.29) is 18.1 Å². The molecule has 5 fully saturated rings. The molecule has 4 saturated carbocycles. The molecule has 0 radical (unpaired) electrons. The number of ketones is 1. The summed E-state index contributed by atoms with van der Waals surface area (Å²) in [6.07, 6.45) is 6.84. The van der Waals surface area contributed by atoms with Crippen LogP contribution in [0.4, 0.5) is 4.39 Å². The van der Waals surface area contributed by atoms with Gasteiger partial charge in [0.2, 0.25) is 0 Å². The Morgan fingerprint density at radius 2 is 1.97 bits per heavy atom. The Labute approximate surface area is 193 Å². The molecule has 1 unspecified atom stereocenters. The number of rotatable bonds is 2. The first-order valence-electron chi connectivity index (χ1n) is 12.5. The van der Waals surface area contributed by atoms with Crippen LogP contribution in [0.2, 0.25) is 0 Å². The highest BCUT2D eigenvalue weighted by molar-refractivity contribution is 6.01. The Kier molecular flexibility index (Phi) is 4.58.